The van der Waals surface area contributed by atoms with Crippen molar-refractivity contribution < 1.29 is 9.00 Å². The molecule has 0 saturated carbocycles. The quantitative estimate of drug-likeness (QED) is 0.564. The van der Waals surface area contributed by atoms with Crippen molar-refractivity contribution in [3.05, 3.63) is 48.0 Å². The molecule has 1 aliphatic heterocycles. The summed E-state index contributed by atoms with van der Waals surface area (Å²) >= 11 is 0. The Morgan fingerprint density at radius 2 is 1.93 bits per heavy atom. The number of hydrogen-bond donors (Lipinski definition) is 0. The first-order valence-corrected chi connectivity index (χ1v) is 6.28. The van der Waals surface area contributed by atoms with Crippen LogP contribution in [0.4, 0.5) is 0 Å². The van der Waals surface area contributed by atoms with Gasteiger partial charge in [0, 0.05) is 22.1 Å². The largest absolute Gasteiger partial charge is 0.293 e. The Morgan fingerprint density at radius 3 is 2.60 bits per heavy atom. The van der Waals surface area contributed by atoms with Crippen LogP contribution in [0.25, 0.3) is 0 Å². The fourth-order valence-corrected chi connectivity index (χ4v) is 2.88. The van der Waals surface area contributed by atoms with Crippen LogP contribution < -0.4 is 0 Å². The van der Waals surface area contributed by atoms with Gasteiger partial charge in [-0.05, 0) is 6.42 Å². The van der Waals surface area contributed by atoms with E-state index in [0.29, 0.717) is 17.7 Å². The Balaban J connectivity index is 2.21. The minimum atomic E-state index is -1.04. The van der Waals surface area contributed by atoms with Crippen LogP contribution in [0.3, 0.4) is 0 Å². The topological polar surface area (TPSA) is 34.1 Å². The van der Waals surface area contributed by atoms with E-state index in [0.717, 1.165) is 0 Å². The van der Waals surface area contributed by atoms with E-state index in [1.54, 1.807) is 12.1 Å². The van der Waals surface area contributed by atoms with E-state index in [1.165, 1.54) is 0 Å². The number of ketones is 1. The van der Waals surface area contributed by atoms with E-state index in [2.05, 4.69) is 0 Å². The monoisotopic (exact) mass is 220 g/mol. The van der Waals surface area contributed by atoms with Gasteiger partial charge in [-0.15, -0.1) is 0 Å². The molecule has 3 heteroatoms. The molecule has 0 N–H and O–H groups in total. The molecule has 1 aromatic rings. The predicted octanol–water partition coefficient (Wildman–Crippen LogP) is 1.95. The second-order valence-corrected chi connectivity index (χ2v) is 5.14. The maximum atomic E-state index is 12.0. The Labute approximate surface area is 91.5 Å². The number of rotatable bonds is 2. The van der Waals surface area contributed by atoms with Crippen molar-refractivity contribution in [3.63, 3.8) is 0 Å². The molecule has 1 aliphatic rings. The fourth-order valence-electron chi connectivity index (χ4n) is 1.62. The summed E-state index contributed by atoms with van der Waals surface area (Å²) in [6.45, 7) is 0. The average Bonchev–Trinajstić information content (AvgIpc) is 2.30. The van der Waals surface area contributed by atoms with E-state index in [1.807, 2.05) is 30.4 Å². The van der Waals surface area contributed by atoms with Gasteiger partial charge in [0.2, 0.25) is 0 Å². The van der Waals surface area contributed by atoms with Crippen LogP contribution in [0.5, 0.6) is 0 Å². The Kier molecular flexibility index (Phi) is 3.11. The summed E-state index contributed by atoms with van der Waals surface area (Å²) in [5.74, 6) is 0.502. The molecule has 1 aromatic carbocycles. The summed E-state index contributed by atoms with van der Waals surface area (Å²) in [6.07, 6.45) is 4.41. The first-order chi connectivity index (χ1) is 7.29. The molecule has 15 heavy (non-hydrogen) atoms. The van der Waals surface area contributed by atoms with Gasteiger partial charge < -0.3 is 0 Å². The highest BCUT2D eigenvalue weighted by Crippen LogP contribution is 2.15. The molecule has 78 valence electrons. The lowest BCUT2D eigenvalue weighted by atomic mass is 10.1. The maximum Gasteiger partial charge on any atom is 0.178 e. The van der Waals surface area contributed by atoms with E-state index in [-0.39, 0.29) is 11.0 Å². The van der Waals surface area contributed by atoms with Crippen molar-refractivity contribution >= 4 is 16.6 Å². The van der Waals surface area contributed by atoms with Crippen LogP contribution in [-0.2, 0) is 10.8 Å². The van der Waals surface area contributed by atoms with Crippen LogP contribution in [-0.4, -0.2) is 21.0 Å². The van der Waals surface area contributed by atoms with Gasteiger partial charge in [-0.1, -0.05) is 42.5 Å². The lowest BCUT2D eigenvalue weighted by Gasteiger charge is -2.15. The molecule has 2 rings (SSSR count). The number of allylic oxidation sites excluding steroid dienone is 1. The molecule has 1 heterocycles. The van der Waals surface area contributed by atoms with Gasteiger partial charge in [0.1, 0.15) is 5.25 Å². The van der Waals surface area contributed by atoms with Crippen molar-refractivity contribution in [3.8, 4) is 0 Å². The summed E-state index contributed by atoms with van der Waals surface area (Å²) in [4.78, 5) is 12.0. The van der Waals surface area contributed by atoms with Crippen LogP contribution in [0.1, 0.15) is 16.8 Å². The molecule has 2 atom stereocenters. The van der Waals surface area contributed by atoms with E-state index >= 15 is 0 Å². The van der Waals surface area contributed by atoms with Crippen molar-refractivity contribution in [2.75, 3.05) is 5.75 Å². The molecule has 0 aliphatic carbocycles. The van der Waals surface area contributed by atoms with Crippen molar-refractivity contribution in [2.24, 2.45) is 0 Å². The van der Waals surface area contributed by atoms with Gasteiger partial charge in [0.25, 0.3) is 0 Å². The normalized spacial score (nSPS) is 25.1. The van der Waals surface area contributed by atoms with Gasteiger partial charge in [-0.2, -0.15) is 0 Å². The van der Waals surface area contributed by atoms with Crippen LogP contribution in [0, 0.1) is 0 Å². The third-order valence-electron chi connectivity index (χ3n) is 2.45. The predicted molar refractivity (Wildman–Crippen MR) is 61.3 cm³/mol. The van der Waals surface area contributed by atoms with Crippen molar-refractivity contribution in [1.29, 1.82) is 0 Å². The highest BCUT2D eigenvalue weighted by molar-refractivity contribution is 7.86. The van der Waals surface area contributed by atoms with Crippen LogP contribution in [0.15, 0.2) is 42.5 Å². The summed E-state index contributed by atoms with van der Waals surface area (Å²) in [6, 6.07) is 9.08. The lowest BCUT2D eigenvalue weighted by Crippen LogP contribution is -2.28. The zero-order valence-corrected chi connectivity index (χ0v) is 9.07. The second kappa shape index (κ2) is 4.53. The third kappa shape index (κ3) is 2.23. The molecular weight excluding hydrogens is 208 g/mol. The molecule has 0 aromatic heterocycles. The first kappa shape index (κ1) is 10.3. The highest BCUT2D eigenvalue weighted by Gasteiger charge is 2.26. The van der Waals surface area contributed by atoms with E-state index in [4.69, 9.17) is 0 Å². The van der Waals surface area contributed by atoms with Crippen molar-refractivity contribution in [2.45, 2.75) is 11.7 Å². The first-order valence-electron chi connectivity index (χ1n) is 4.90. The number of hydrogen-bond acceptors (Lipinski definition) is 2. The maximum absolute atomic E-state index is 12.0. The lowest BCUT2D eigenvalue weighted by molar-refractivity contribution is 0.0988. The zero-order valence-electron chi connectivity index (χ0n) is 8.26. The highest BCUT2D eigenvalue weighted by atomic mass is 32.2. The van der Waals surface area contributed by atoms with Gasteiger partial charge in [-0.25, -0.2) is 0 Å². The Hall–Kier alpha value is -1.22. The molecular formula is C12H12O2S. The number of Topliss-reactive ketones (excluding diaryl/α,β-unsaturated/α-hetero) is 1. The smallest absolute Gasteiger partial charge is 0.178 e. The molecule has 0 spiro atoms. The molecule has 0 radical (unpaired) electrons. The minimum Gasteiger partial charge on any atom is -0.293 e. The third-order valence-corrected chi connectivity index (χ3v) is 4.01. The standard InChI is InChI=1S/C12H12O2S/c13-12(10-6-2-1-3-7-10)11-8-4-5-9-15(11)14/h1-7,11H,8-9H2/t11-,15+/m1/s1. The molecule has 0 saturated heterocycles. The van der Waals surface area contributed by atoms with Crippen molar-refractivity contribution in [1.82, 2.24) is 0 Å². The average molecular weight is 220 g/mol. The Bertz CT molecular complexity index is 409. The molecule has 0 fully saturated rings. The van der Waals surface area contributed by atoms with Gasteiger partial charge in [-0.3, -0.25) is 9.00 Å². The second-order valence-electron chi connectivity index (χ2n) is 3.47. The summed E-state index contributed by atoms with van der Waals surface area (Å²) in [5.41, 5.74) is 0.658. The summed E-state index contributed by atoms with van der Waals surface area (Å²) < 4.78 is 11.6. The summed E-state index contributed by atoms with van der Waals surface area (Å²) in [5, 5.41) is -0.350. The summed E-state index contributed by atoms with van der Waals surface area (Å²) in [7, 11) is -1.04. The van der Waals surface area contributed by atoms with Crippen LogP contribution in [0.2, 0.25) is 0 Å². The van der Waals surface area contributed by atoms with E-state index in [9.17, 15) is 9.00 Å². The molecule has 2 nitrogen and oxygen atoms in total. The minimum absolute atomic E-state index is 0.00159. The molecule has 0 bridgehead atoms. The Morgan fingerprint density at radius 1 is 1.20 bits per heavy atom. The van der Waals surface area contributed by atoms with Gasteiger partial charge in [0.05, 0.1) is 0 Å². The number of carbonyl (C=O) groups excluding carboxylic acids is 1. The fraction of sp³-hybridized carbons (Fsp3) is 0.250. The van der Waals surface area contributed by atoms with E-state index < -0.39 is 10.8 Å². The molecule has 0 amide bonds. The van der Waals surface area contributed by atoms with Crippen LogP contribution >= 0.6 is 0 Å². The number of benzene rings is 1. The van der Waals surface area contributed by atoms with Gasteiger partial charge >= 0.3 is 0 Å². The SMILES string of the molecule is O=C(c1ccccc1)[C@H]1CC=CC[S@@]1=O. The van der Waals surface area contributed by atoms with Gasteiger partial charge in [0.15, 0.2) is 5.78 Å². The number of carbonyl (C=O) groups is 1. The zero-order chi connectivity index (χ0) is 10.7. The molecule has 0 unspecified atom stereocenters.